The first-order chi connectivity index (χ1) is 10.1. The van der Waals surface area contributed by atoms with Gasteiger partial charge in [-0.2, -0.15) is 0 Å². The average molecular weight is 308 g/mol. The van der Waals surface area contributed by atoms with Gasteiger partial charge in [-0.1, -0.05) is 24.9 Å². The zero-order valence-electron chi connectivity index (χ0n) is 11.9. The van der Waals surface area contributed by atoms with Crippen molar-refractivity contribution in [3.8, 4) is 11.3 Å². The largest absolute Gasteiger partial charge is 0.459 e. The molecule has 21 heavy (non-hydrogen) atoms. The molecule has 0 bridgehead atoms. The monoisotopic (exact) mass is 307 g/mol. The van der Waals surface area contributed by atoms with E-state index in [-0.39, 0.29) is 12.5 Å². The number of hydrogen-bond acceptors (Lipinski definition) is 3. The van der Waals surface area contributed by atoms with Gasteiger partial charge in [0.25, 0.3) is 0 Å². The summed E-state index contributed by atoms with van der Waals surface area (Å²) in [7, 11) is 0. The minimum absolute atomic E-state index is 0.0496. The molecule has 5 heteroatoms. The Hall–Kier alpha value is -1.78. The molecular weight excluding hydrogens is 290 g/mol. The number of unbranched alkanes of at least 4 members (excludes halogenated alkanes) is 1. The number of carbonyl (C=O) groups is 1. The molecule has 1 aromatic heterocycles. The van der Waals surface area contributed by atoms with E-state index in [0.717, 1.165) is 18.4 Å². The molecule has 0 aliphatic rings. The Morgan fingerprint density at radius 3 is 2.81 bits per heavy atom. The summed E-state index contributed by atoms with van der Waals surface area (Å²) in [5.41, 5.74) is 1.36. The first-order valence-corrected chi connectivity index (χ1v) is 7.31. The Balaban J connectivity index is 2.18. The third-order valence-corrected chi connectivity index (χ3v) is 3.43. The molecule has 0 unspecified atom stereocenters. The van der Waals surface area contributed by atoms with Crippen molar-refractivity contribution >= 4 is 23.2 Å². The van der Waals surface area contributed by atoms with Crippen molar-refractivity contribution in [2.24, 2.45) is 0 Å². The summed E-state index contributed by atoms with van der Waals surface area (Å²) >= 11 is 6.11. The first kappa shape index (κ1) is 15.6. The van der Waals surface area contributed by atoms with Crippen LogP contribution in [0.2, 0.25) is 5.02 Å². The van der Waals surface area contributed by atoms with Crippen LogP contribution >= 0.6 is 11.6 Å². The summed E-state index contributed by atoms with van der Waals surface area (Å²) in [6.07, 6.45) is 2.30. The molecule has 1 amide bonds. The lowest BCUT2D eigenvalue weighted by Crippen LogP contribution is -2.11. The van der Waals surface area contributed by atoms with Crippen LogP contribution < -0.4 is 5.32 Å². The van der Waals surface area contributed by atoms with Crippen LogP contribution in [-0.4, -0.2) is 11.0 Å². The summed E-state index contributed by atoms with van der Waals surface area (Å²) in [5.74, 6) is 1.07. The Kier molecular flexibility index (Phi) is 5.42. The van der Waals surface area contributed by atoms with E-state index in [1.165, 1.54) is 0 Å². The standard InChI is InChI=1S/C16H18ClNO3/c1-2-3-4-16(20)18-14-9-11(5-7-13(14)17)15-8-6-12(10-19)21-15/h5-9,19H,2-4,10H2,1H3,(H,18,20). The Morgan fingerprint density at radius 2 is 2.14 bits per heavy atom. The predicted octanol–water partition coefficient (Wildman–Crippen LogP) is 4.22. The highest BCUT2D eigenvalue weighted by atomic mass is 35.5. The van der Waals surface area contributed by atoms with Crippen molar-refractivity contribution in [2.75, 3.05) is 5.32 Å². The molecule has 0 aliphatic heterocycles. The second kappa shape index (κ2) is 7.29. The Morgan fingerprint density at radius 1 is 1.33 bits per heavy atom. The van der Waals surface area contributed by atoms with Crippen molar-refractivity contribution in [2.45, 2.75) is 32.8 Å². The topological polar surface area (TPSA) is 62.5 Å². The fourth-order valence-electron chi connectivity index (χ4n) is 1.94. The quantitative estimate of drug-likeness (QED) is 0.840. The predicted molar refractivity (Wildman–Crippen MR) is 83.2 cm³/mol. The molecule has 2 rings (SSSR count). The molecule has 2 aromatic rings. The summed E-state index contributed by atoms with van der Waals surface area (Å²) in [6.45, 7) is 1.89. The van der Waals surface area contributed by atoms with E-state index < -0.39 is 0 Å². The third kappa shape index (κ3) is 4.09. The lowest BCUT2D eigenvalue weighted by molar-refractivity contribution is -0.116. The molecular formula is C16H18ClNO3. The maximum absolute atomic E-state index is 11.8. The molecule has 0 aliphatic carbocycles. The van der Waals surface area contributed by atoms with E-state index in [9.17, 15) is 4.79 Å². The van der Waals surface area contributed by atoms with Crippen LogP contribution in [0.15, 0.2) is 34.7 Å². The maximum atomic E-state index is 11.8. The van der Waals surface area contributed by atoms with Gasteiger partial charge < -0.3 is 14.8 Å². The molecule has 0 spiro atoms. The van der Waals surface area contributed by atoms with Crippen LogP contribution in [0.3, 0.4) is 0 Å². The highest BCUT2D eigenvalue weighted by Gasteiger charge is 2.10. The number of amides is 1. The molecule has 112 valence electrons. The molecule has 1 aromatic carbocycles. The summed E-state index contributed by atoms with van der Waals surface area (Å²) < 4.78 is 5.48. The van der Waals surface area contributed by atoms with Crippen LogP contribution in [0.5, 0.6) is 0 Å². The van der Waals surface area contributed by atoms with Gasteiger partial charge in [0.2, 0.25) is 5.91 Å². The van der Waals surface area contributed by atoms with Gasteiger partial charge in [0.05, 0.1) is 10.7 Å². The molecule has 0 atom stereocenters. The number of rotatable bonds is 6. The van der Waals surface area contributed by atoms with Crippen molar-refractivity contribution in [1.29, 1.82) is 0 Å². The second-order valence-corrected chi connectivity index (χ2v) is 5.18. The lowest BCUT2D eigenvalue weighted by atomic mass is 10.1. The SMILES string of the molecule is CCCCC(=O)Nc1cc(-c2ccc(CO)o2)ccc1Cl. The molecule has 0 radical (unpaired) electrons. The number of furan rings is 1. The van der Waals surface area contributed by atoms with Crippen molar-refractivity contribution in [1.82, 2.24) is 0 Å². The van der Waals surface area contributed by atoms with Gasteiger partial charge in [-0.3, -0.25) is 4.79 Å². The van der Waals surface area contributed by atoms with Gasteiger partial charge in [0.1, 0.15) is 18.1 Å². The number of benzene rings is 1. The van der Waals surface area contributed by atoms with Crippen molar-refractivity contribution in [3.63, 3.8) is 0 Å². The molecule has 0 saturated carbocycles. The molecule has 2 N–H and O–H groups in total. The first-order valence-electron chi connectivity index (χ1n) is 6.93. The molecule has 0 fully saturated rings. The summed E-state index contributed by atoms with van der Waals surface area (Å²) in [6, 6.07) is 8.78. The van der Waals surface area contributed by atoms with E-state index in [1.54, 1.807) is 24.3 Å². The smallest absolute Gasteiger partial charge is 0.224 e. The Bertz CT molecular complexity index is 622. The minimum Gasteiger partial charge on any atom is -0.459 e. The van der Waals surface area contributed by atoms with Crippen molar-refractivity contribution < 1.29 is 14.3 Å². The normalized spacial score (nSPS) is 10.6. The van der Waals surface area contributed by atoms with Crippen LogP contribution in [0.1, 0.15) is 31.9 Å². The fourth-order valence-corrected chi connectivity index (χ4v) is 2.11. The van der Waals surface area contributed by atoms with Gasteiger partial charge in [0, 0.05) is 12.0 Å². The number of nitrogens with one attached hydrogen (secondary N) is 1. The zero-order valence-corrected chi connectivity index (χ0v) is 12.6. The van der Waals surface area contributed by atoms with Gasteiger partial charge >= 0.3 is 0 Å². The van der Waals surface area contributed by atoms with Crippen LogP contribution in [0.4, 0.5) is 5.69 Å². The van der Waals surface area contributed by atoms with Gasteiger partial charge in [-0.25, -0.2) is 0 Å². The van der Waals surface area contributed by atoms with E-state index in [4.69, 9.17) is 21.1 Å². The summed E-state index contributed by atoms with van der Waals surface area (Å²) in [5, 5.41) is 12.3. The van der Waals surface area contributed by atoms with Crippen LogP contribution in [0.25, 0.3) is 11.3 Å². The second-order valence-electron chi connectivity index (χ2n) is 4.77. The number of anilines is 1. The number of hydrogen-bond donors (Lipinski definition) is 2. The molecule has 0 saturated heterocycles. The van der Waals surface area contributed by atoms with E-state index in [2.05, 4.69) is 5.32 Å². The number of aliphatic hydroxyl groups excluding tert-OH is 1. The summed E-state index contributed by atoms with van der Waals surface area (Å²) in [4.78, 5) is 11.8. The minimum atomic E-state index is -0.145. The maximum Gasteiger partial charge on any atom is 0.224 e. The van der Waals surface area contributed by atoms with E-state index >= 15 is 0 Å². The van der Waals surface area contributed by atoms with Crippen LogP contribution in [-0.2, 0) is 11.4 Å². The molecule has 4 nitrogen and oxygen atoms in total. The fraction of sp³-hybridized carbons (Fsp3) is 0.312. The molecule has 1 heterocycles. The van der Waals surface area contributed by atoms with Crippen LogP contribution in [0, 0.1) is 0 Å². The van der Waals surface area contributed by atoms with Gasteiger partial charge in [0.15, 0.2) is 0 Å². The van der Waals surface area contributed by atoms with Gasteiger partial charge in [-0.15, -0.1) is 0 Å². The van der Waals surface area contributed by atoms with Crippen molar-refractivity contribution in [3.05, 3.63) is 41.1 Å². The van der Waals surface area contributed by atoms with E-state index in [0.29, 0.717) is 28.7 Å². The third-order valence-electron chi connectivity index (χ3n) is 3.10. The average Bonchev–Trinajstić information content (AvgIpc) is 2.96. The number of halogens is 1. The van der Waals surface area contributed by atoms with Gasteiger partial charge in [-0.05, 0) is 36.8 Å². The number of aliphatic hydroxyl groups is 1. The highest BCUT2D eigenvalue weighted by molar-refractivity contribution is 6.33. The van der Waals surface area contributed by atoms with E-state index in [1.807, 2.05) is 13.0 Å². The lowest BCUT2D eigenvalue weighted by Gasteiger charge is -2.08. The highest BCUT2D eigenvalue weighted by Crippen LogP contribution is 2.30. The Labute approximate surface area is 128 Å². The number of carbonyl (C=O) groups excluding carboxylic acids is 1. The zero-order chi connectivity index (χ0) is 15.2.